The van der Waals surface area contributed by atoms with E-state index in [1.807, 2.05) is 48.7 Å². The highest BCUT2D eigenvalue weighted by Gasteiger charge is 2.05. The first-order valence-electron chi connectivity index (χ1n) is 7.90. The van der Waals surface area contributed by atoms with E-state index in [-0.39, 0.29) is 0 Å². The Hall–Kier alpha value is -3.01. The molecule has 0 aliphatic heterocycles. The second-order valence-electron chi connectivity index (χ2n) is 5.45. The molecule has 0 amide bonds. The van der Waals surface area contributed by atoms with Crippen molar-refractivity contribution in [1.82, 2.24) is 9.99 Å². The molecule has 122 valence electrons. The van der Waals surface area contributed by atoms with Crippen LogP contribution in [0.2, 0.25) is 0 Å². The molecule has 0 spiro atoms. The van der Waals surface area contributed by atoms with Crippen LogP contribution in [0.1, 0.15) is 11.1 Å². The van der Waals surface area contributed by atoms with Crippen molar-refractivity contribution in [3.63, 3.8) is 0 Å². The average molecular weight is 319 g/mol. The molecule has 0 fully saturated rings. The van der Waals surface area contributed by atoms with Crippen LogP contribution in [-0.4, -0.2) is 17.9 Å². The number of fused-ring (bicyclic) bond motifs is 1. The van der Waals surface area contributed by atoms with Gasteiger partial charge in [0.05, 0.1) is 19.9 Å². The average Bonchev–Trinajstić information content (AvgIpc) is 2.97. The lowest BCUT2D eigenvalue weighted by Crippen LogP contribution is -2.06. The van der Waals surface area contributed by atoms with Gasteiger partial charge in [0.25, 0.3) is 0 Å². The lowest BCUT2D eigenvalue weighted by molar-refractivity contribution is 0.408. The van der Waals surface area contributed by atoms with Crippen molar-refractivity contribution in [3.05, 3.63) is 78.5 Å². The number of allylic oxidation sites excluding steroid dienone is 1. The van der Waals surface area contributed by atoms with Crippen LogP contribution in [-0.2, 0) is 13.1 Å². The maximum atomic E-state index is 5.34. The number of para-hydroxylation sites is 2. The van der Waals surface area contributed by atoms with Gasteiger partial charge in [0.2, 0.25) is 0 Å². The van der Waals surface area contributed by atoms with Crippen molar-refractivity contribution in [2.45, 2.75) is 13.1 Å². The summed E-state index contributed by atoms with van der Waals surface area (Å²) in [6.07, 6.45) is 5.85. The van der Waals surface area contributed by atoms with Gasteiger partial charge in [0, 0.05) is 34.8 Å². The number of nitrogens with zero attached hydrogens (tertiary/aromatic N) is 2. The summed E-state index contributed by atoms with van der Waals surface area (Å²) >= 11 is 0. The fourth-order valence-electron chi connectivity index (χ4n) is 2.76. The van der Waals surface area contributed by atoms with Crippen molar-refractivity contribution in [2.75, 3.05) is 7.11 Å². The van der Waals surface area contributed by atoms with Crippen molar-refractivity contribution >= 4 is 17.1 Å². The van der Waals surface area contributed by atoms with Gasteiger partial charge in [-0.05, 0) is 12.1 Å². The van der Waals surface area contributed by atoms with E-state index in [0.717, 1.165) is 23.4 Å². The lowest BCUT2D eigenvalue weighted by atomic mass is 10.2. The Bertz CT molecular complexity index is 864. The minimum atomic E-state index is 0.617. The summed E-state index contributed by atoms with van der Waals surface area (Å²) in [5.41, 5.74) is 6.43. The van der Waals surface area contributed by atoms with Gasteiger partial charge >= 0.3 is 0 Å². The van der Waals surface area contributed by atoms with Crippen LogP contribution in [0.5, 0.6) is 5.75 Å². The monoisotopic (exact) mass is 319 g/mol. The summed E-state index contributed by atoms with van der Waals surface area (Å²) in [6, 6.07) is 16.2. The third-order valence-electron chi connectivity index (χ3n) is 3.90. The number of hydrogen-bond acceptors (Lipinski definition) is 3. The molecule has 0 atom stereocenters. The molecule has 1 heterocycles. The molecule has 2 aromatic carbocycles. The van der Waals surface area contributed by atoms with E-state index in [0.29, 0.717) is 6.54 Å². The summed E-state index contributed by atoms with van der Waals surface area (Å²) in [6.45, 7) is 5.22. The molecular weight excluding hydrogens is 298 g/mol. The van der Waals surface area contributed by atoms with Crippen LogP contribution in [0, 0.1) is 0 Å². The molecule has 4 heteroatoms. The Kier molecular flexibility index (Phi) is 4.96. The van der Waals surface area contributed by atoms with Gasteiger partial charge in [-0.1, -0.05) is 42.5 Å². The van der Waals surface area contributed by atoms with Crippen molar-refractivity contribution in [2.24, 2.45) is 5.10 Å². The highest BCUT2D eigenvalue weighted by molar-refractivity contribution is 5.99. The molecule has 0 aliphatic carbocycles. The minimum absolute atomic E-state index is 0.617. The van der Waals surface area contributed by atoms with Crippen LogP contribution in [0.3, 0.4) is 0 Å². The normalized spacial score (nSPS) is 11.0. The maximum absolute atomic E-state index is 5.34. The predicted octanol–water partition coefficient (Wildman–Crippen LogP) is 3.96. The number of nitrogens with one attached hydrogen (secondary N) is 1. The number of ether oxygens (including phenoxy) is 1. The topological polar surface area (TPSA) is 38.5 Å². The van der Waals surface area contributed by atoms with E-state index in [9.17, 15) is 0 Å². The van der Waals surface area contributed by atoms with Crippen LogP contribution >= 0.6 is 0 Å². The van der Waals surface area contributed by atoms with Gasteiger partial charge in [-0.25, -0.2) is 0 Å². The fourth-order valence-corrected chi connectivity index (χ4v) is 2.76. The Labute approximate surface area is 142 Å². The number of hydrazone groups is 1. The van der Waals surface area contributed by atoms with Gasteiger partial charge in [-0.3, -0.25) is 0 Å². The van der Waals surface area contributed by atoms with Gasteiger partial charge in [-0.15, -0.1) is 6.58 Å². The molecule has 0 radical (unpaired) electrons. The molecule has 0 saturated heterocycles. The number of hydrogen-bond donors (Lipinski definition) is 1. The zero-order chi connectivity index (χ0) is 16.8. The molecule has 1 N–H and O–H groups in total. The highest BCUT2D eigenvalue weighted by atomic mass is 16.5. The minimum Gasteiger partial charge on any atom is -0.496 e. The van der Waals surface area contributed by atoms with Crippen LogP contribution < -0.4 is 10.2 Å². The standard InChI is InChI=1S/C20H21N3O/c1-3-12-23-15-17(18-9-5-6-10-19(18)23)14-22-21-13-16-8-4-7-11-20(16)24-2/h3-11,14-15,21H,1,12-13H2,2H3/b22-14-. The lowest BCUT2D eigenvalue weighted by Gasteiger charge is -2.07. The number of rotatable bonds is 7. The third kappa shape index (κ3) is 3.33. The Balaban J connectivity index is 1.75. The summed E-state index contributed by atoms with van der Waals surface area (Å²) in [5, 5.41) is 5.55. The van der Waals surface area contributed by atoms with E-state index in [1.54, 1.807) is 7.11 Å². The second-order valence-corrected chi connectivity index (χ2v) is 5.45. The smallest absolute Gasteiger partial charge is 0.123 e. The van der Waals surface area contributed by atoms with Gasteiger partial charge in [0.15, 0.2) is 0 Å². The van der Waals surface area contributed by atoms with E-state index < -0.39 is 0 Å². The van der Waals surface area contributed by atoms with E-state index in [4.69, 9.17) is 4.74 Å². The zero-order valence-electron chi connectivity index (χ0n) is 13.8. The highest BCUT2D eigenvalue weighted by Crippen LogP contribution is 2.20. The number of aromatic nitrogens is 1. The molecule has 4 nitrogen and oxygen atoms in total. The predicted molar refractivity (Wildman–Crippen MR) is 99.6 cm³/mol. The first-order valence-corrected chi connectivity index (χ1v) is 7.90. The molecule has 0 unspecified atom stereocenters. The molecule has 0 bridgehead atoms. The Morgan fingerprint density at radius 2 is 1.96 bits per heavy atom. The largest absolute Gasteiger partial charge is 0.496 e. The summed E-state index contributed by atoms with van der Waals surface area (Å²) in [5.74, 6) is 0.864. The molecule has 3 rings (SSSR count). The number of methoxy groups -OCH3 is 1. The first kappa shape index (κ1) is 15.9. The first-order chi connectivity index (χ1) is 11.8. The van der Waals surface area contributed by atoms with Crippen LogP contribution in [0.15, 0.2) is 72.5 Å². The molecule has 24 heavy (non-hydrogen) atoms. The van der Waals surface area contributed by atoms with Crippen molar-refractivity contribution < 1.29 is 4.74 Å². The summed E-state index contributed by atoms with van der Waals surface area (Å²) < 4.78 is 7.51. The van der Waals surface area contributed by atoms with Gasteiger partial charge in [0.1, 0.15) is 5.75 Å². The SMILES string of the molecule is C=CCn1cc(/C=N\NCc2ccccc2OC)c2ccccc21. The molecule has 0 aliphatic rings. The van der Waals surface area contributed by atoms with E-state index >= 15 is 0 Å². The van der Waals surface area contributed by atoms with E-state index in [2.05, 4.69) is 40.0 Å². The van der Waals surface area contributed by atoms with Crippen LogP contribution in [0.4, 0.5) is 0 Å². The molecule has 1 aromatic heterocycles. The zero-order valence-corrected chi connectivity index (χ0v) is 13.8. The molecule has 0 saturated carbocycles. The van der Waals surface area contributed by atoms with Crippen molar-refractivity contribution in [1.29, 1.82) is 0 Å². The quantitative estimate of drug-likeness (QED) is 0.407. The molecule has 3 aromatic rings. The number of benzene rings is 2. The summed E-state index contributed by atoms with van der Waals surface area (Å²) in [4.78, 5) is 0. The third-order valence-corrected chi connectivity index (χ3v) is 3.90. The van der Waals surface area contributed by atoms with Gasteiger partial charge < -0.3 is 14.7 Å². The molecular formula is C20H21N3O. The Morgan fingerprint density at radius 1 is 1.17 bits per heavy atom. The second kappa shape index (κ2) is 7.51. The maximum Gasteiger partial charge on any atom is 0.123 e. The van der Waals surface area contributed by atoms with Crippen LogP contribution in [0.25, 0.3) is 10.9 Å². The van der Waals surface area contributed by atoms with Crippen molar-refractivity contribution in [3.8, 4) is 5.75 Å². The summed E-state index contributed by atoms with van der Waals surface area (Å²) in [7, 11) is 1.68. The van der Waals surface area contributed by atoms with Gasteiger partial charge in [-0.2, -0.15) is 5.10 Å². The van der Waals surface area contributed by atoms with E-state index in [1.165, 1.54) is 10.9 Å². The fraction of sp³-hybridized carbons (Fsp3) is 0.150. The Morgan fingerprint density at radius 3 is 2.79 bits per heavy atom.